The summed E-state index contributed by atoms with van der Waals surface area (Å²) < 4.78 is 41.8. The average Bonchev–Trinajstić information content (AvgIpc) is 2.81. The van der Waals surface area contributed by atoms with Crippen molar-refractivity contribution in [2.24, 2.45) is 5.92 Å². The maximum Gasteiger partial charge on any atom is 0.419 e. The van der Waals surface area contributed by atoms with Gasteiger partial charge in [0.1, 0.15) is 5.82 Å². The molecular formula is C26H28ClF3N4. The number of nitrogens with two attached hydrogens (primary N) is 1. The Morgan fingerprint density at radius 2 is 1.85 bits per heavy atom. The number of hydrogen-bond donors (Lipinski definition) is 2. The lowest BCUT2D eigenvalue weighted by Gasteiger charge is -2.34. The molecule has 1 aromatic heterocycles. The van der Waals surface area contributed by atoms with Crippen molar-refractivity contribution in [1.82, 2.24) is 10.3 Å². The van der Waals surface area contributed by atoms with E-state index >= 15 is 0 Å². The minimum Gasteiger partial charge on any atom is -0.399 e. The van der Waals surface area contributed by atoms with Crippen LogP contribution >= 0.6 is 11.6 Å². The molecule has 4 nitrogen and oxygen atoms in total. The first kappa shape index (κ1) is 24.4. The molecule has 2 heterocycles. The lowest BCUT2D eigenvalue weighted by molar-refractivity contribution is -0.137. The second-order valence-electron chi connectivity index (χ2n) is 8.86. The number of aromatic nitrogens is 1. The fraction of sp³-hybridized carbons (Fsp3) is 0.346. The number of nitrogens with one attached hydrogen (secondary N) is 1. The van der Waals surface area contributed by atoms with E-state index in [4.69, 9.17) is 17.3 Å². The molecule has 0 bridgehead atoms. The first-order chi connectivity index (χ1) is 16.2. The molecule has 4 rings (SSSR count). The summed E-state index contributed by atoms with van der Waals surface area (Å²) in [5.41, 5.74) is 9.18. The van der Waals surface area contributed by atoms with Crippen LogP contribution in [0.25, 0.3) is 11.1 Å². The van der Waals surface area contributed by atoms with Crippen molar-refractivity contribution in [3.8, 4) is 11.1 Å². The number of piperidine rings is 1. The summed E-state index contributed by atoms with van der Waals surface area (Å²) in [6, 6.07) is 13.9. The van der Waals surface area contributed by atoms with Gasteiger partial charge in [0.15, 0.2) is 0 Å². The van der Waals surface area contributed by atoms with Crippen molar-refractivity contribution in [2.45, 2.75) is 32.5 Å². The predicted molar refractivity (Wildman–Crippen MR) is 132 cm³/mol. The van der Waals surface area contributed by atoms with Gasteiger partial charge in [0.05, 0.1) is 5.56 Å². The number of halogens is 4. The van der Waals surface area contributed by atoms with Gasteiger partial charge in [-0.05, 0) is 73.2 Å². The van der Waals surface area contributed by atoms with Gasteiger partial charge in [-0.3, -0.25) is 0 Å². The van der Waals surface area contributed by atoms with Gasteiger partial charge >= 0.3 is 6.18 Å². The van der Waals surface area contributed by atoms with Gasteiger partial charge in [0, 0.05) is 42.1 Å². The fourth-order valence-corrected chi connectivity index (χ4v) is 4.55. The molecule has 0 atom stereocenters. The number of pyridine rings is 1. The zero-order valence-corrected chi connectivity index (χ0v) is 19.8. The van der Waals surface area contributed by atoms with Crippen LogP contribution in [0, 0.1) is 12.8 Å². The Labute approximate surface area is 202 Å². The Bertz CT molecular complexity index is 1140. The van der Waals surface area contributed by atoms with E-state index < -0.39 is 11.7 Å². The molecule has 34 heavy (non-hydrogen) atoms. The molecule has 1 aliphatic rings. The third-order valence-corrected chi connectivity index (χ3v) is 6.58. The Kier molecular flexibility index (Phi) is 7.33. The minimum atomic E-state index is -4.49. The highest BCUT2D eigenvalue weighted by molar-refractivity contribution is 6.30. The van der Waals surface area contributed by atoms with Crippen LogP contribution in [-0.2, 0) is 12.7 Å². The molecule has 0 radical (unpaired) electrons. The molecule has 0 saturated carbocycles. The molecule has 0 unspecified atom stereocenters. The second kappa shape index (κ2) is 10.2. The van der Waals surface area contributed by atoms with Crippen LogP contribution in [0.3, 0.4) is 0 Å². The fourth-order valence-electron chi connectivity index (χ4n) is 4.36. The molecule has 0 amide bonds. The number of hydrogen-bond acceptors (Lipinski definition) is 4. The number of alkyl halides is 3. The van der Waals surface area contributed by atoms with E-state index in [9.17, 15) is 13.2 Å². The predicted octanol–water partition coefficient (Wildman–Crippen LogP) is 6.32. The third kappa shape index (κ3) is 5.83. The van der Waals surface area contributed by atoms with Gasteiger partial charge in [0.25, 0.3) is 0 Å². The number of nitrogens with zero attached hydrogens (tertiary/aromatic N) is 2. The summed E-state index contributed by atoms with van der Waals surface area (Å²) in [7, 11) is 0. The first-order valence-electron chi connectivity index (χ1n) is 11.3. The molecule has 3 N–H and O–H groups in total. The van der Waals surface area contributed by atoms with Gasteiger partial charge in [-0.25, -0.2) is 4.98 Å². The molecule has 0 aliphatic carbocycles. The van der Waals surface area contributed by atoms with Gasteiger partial charge in [-0.1, -0.05) is 35.9 Å². The topological polar surface area (TPSA) is 54.2 Å². The highest BCUT2D eigenvalue weighted by Crippen LogP contribution is 2.39. The summed E-state index contributed by atoms with van der Waals surface area (Å²) in [4.78, 5) is 6.01. The van der Waals surface area contributed by atoms with E-state index in [-0.39, 0.29) is 5.82 Å². The van der Waals surface area contributed by atoms with Crippen molar-refractivity contribution in [1.29, 1.82) is 0 Å². The molecule has 0 spiro atoms. The van der Waals surface area contributed by atoms with Crippen molar-refractivity contribution in [2.75, 3.05) is 30.3 Å². The smallest absolute Gasteiger partial charge is 0.399 e. The summed E-state index contributed by atoms with van der Waals surface area (Å²) >= 11 is 6.01. The maximum absolute atomic E-state index is 13.9. The van der Waals surface area contributed by atoms with Crippen molar-refractivity contribution in [3.05, 3.63) is 76.4 Å². The van der Waals surface area contributed by atoms with Crippen LogP contribution in [-0.4, -0.2) is 24.6 Å². The number of aryl methyl sites for hydroxylation is 1. The Morgan fingerprint density at radius 3 is 2.53 bits per heavy atom. The van der Waals surface area contributed by atoms with Crippen LogP contribution in [0.4, 0.5) is 24.7 Å². The van der Waals surface area contributed by atoms with Crippen LogP contribution in [0.5, 0.6) is 0 Å². The number of nitrogen functional groups attached to an aromatic ring is 1. The zero-order chi connectivity index (χ0) is 24.3. The molecule has 180 valence electrons. The summed E-state index contributed by atoms with van der Waals surface area (Å²) in [5.74, 6) is 0.410. The molecule has 3 aromatic rings. The van der Waals surface area contributed by atoms with Crippen LogP contribution in [0.2, 0.25) is 5.02 Å². The zero-order valence-electron chi connectivity index (χ0n) is 19.0. The SMILES string of the molecule is Cc1cc(CNCC2CCN(c3ncc(-c4cccc(Cl)c4)cc3C(F)(F)F)CC2)ccc1N. The molecule has 1 saturated heterocycles. The Hall–Kier alpha value is -2.77. The second-order valence-corrected chi connectivity index (χ2v) is 9.29. The van der Waals surface area contributed by atoms with Gasteiger partial charge in [0.2, 0.25) is 0 Å². The summed E-state index contributed by atoms with van der Waals surface area (Å²) in [6.07, 6.45) is -1.38. The number of benzene rings is 2. The lowest BCUT2D eigenvalue weighted by atomic mass is 9.96. The van der Waals surface area contributed by atoms with Crippen LogP contribution in [0.15, 0.2) is 54.7 Å². The van der Waals surface area contributed by atoms with Gasteiger partial charge < -0.3 is 16.0 Å². The van der Waals surface area contributed by atoms with Gasteiger partial charge in [-0.15, -0.1) is 0 Å². The lowest BCUT2D eigenvalue weighted by Crippen LogP contribution is -2.38. The maximum atomic E-state index is 13.9. The monoisotopic (exact) mass is 488 g/mol. The first-order valence-corrected chi connectivity index (χ1v) is 11.7. The van der Waals surface area contributed by atoms with Gasteiger partial charge in [-0.2, -0.15) is 13.2 Å². The van der Waals surface area contributed by atoms with E-state index in [2.05, 4.69) is 16.4 Å². The molecule has 1 fully saturated rings. The standard InChI is InChI=1S/C26H28ClF3N4/c1-17-11-19(5-6-24(17)31)15-32-14-18-7-9-34(10-8-18)25-23(26(28,29)30)13-21(16-33-25)20-3-2-4-22(27)12-20/h2-6,11-13,16,18,32H,7-10,14-15,31H2,1H3. The Morgan fingerprint density at radius 1 is 1.09 bits per heavy atom. The highest BCUT2D eigenvalue weighted by atomic mass is 35.5. The molecule has 2 aromatic carbocycles. The van der Waals surface area contributed by atoms with Crippen LogP contribution < -0.4 is 16.0 Å². The van der Waals surface area contributed by atoms with E-state index in [1.807, 2.05) is 19.1 Å². The average molecular weight is 489 g/mol. The van der Waals surface area contributed by atoms with E-state index in [1.165, 1.54) is 17.8 Å². The number of anilines is 2. The van der Waals surface area contributed by atoms with Crippen molar-refractivity contribution < 1.29 is 13.2 Å². The van der Waals surface area contributed by atoms with E-state index in [1.54, 1.807) is 29.2 Å². The van der Waals surface area contributed by atoms with Crippen molar-refractivity contribution >= 4 is 23.1 Å². The van der Waals surface area contributed by atoms with E-state index in [0.717, 1.165) is 37.2 Å². The largest absolute Gasteiger partial charge is 0.419 e. The molecule has 1 aliphatic heterocycles. The summed E-state index contributed by atoms with van der Waals surface area (Å²) in [6.45, 7) is 4.63. The van der Waals surface area contributed by atoms with Crippen LogP contribution in [0.1, 0.15) is 29.5 Å². The highest BCUT2D eigenvalue weighted by Gasteiger charge is 2.37. The minimum absolute atomic E-state index is 0.00189. The van der Waals surface area contributed by atoms with E-state index in [0.29, 0.717) is 35.2 Å². The van der Waals surface area contributed by atoms with Crippen molar-refractivity contribution in [3.63, 3.8) is 0 Å². The third-order valence-electron chi connectivity index (χ3n) is 6.34. The number of rotatable bonds is 6. The normalized spacial score (nSPS) is 15.0. The molecular weight excluding hydrogens is 461 g/mol. The Balaban J connectivity index is 1.39. The quantitative estimate of drug-likeness (QED) is 0.399. The molecule has 8 heteroatoms. The summed E-state index contributed by atoms with van der Waals surface area (Å²) in [5, 5.41) is 3.94.